The molecule has 1 amide bonds. The number of nitrogens with one attached hydrogen (secondary N) is 2. The van der Waals surface area contributed by atoms with Crippen molar-refractivity contribution in [1.82, 2.24) is 10.6 Å². The van der Waals surface area contributed by atoms with Crippen LogP contribution in [0.1, 0.15) is 11.7 Å². The Morgan fingerprint density at radius 2 is 2.22 bits per heavy atom. The summed E-state index contributed by atoms with van der Waals surface area (Å²) in [6.45, 7) is 2.69. The quantitative estimate of drug-likeness (QED) is 0.820. The van der Waals surface area contributed by atoms with Crippen LogP contribution in [0.5, 0.6) is 0 Å². The van der Waals surface area contributed by atoms with E-state index >= 15 is 0 Å². The summed E-state index contributed by atoms with van der Waals surface area (Å²) >= 11 is 12.1. The maximum absolute atomic E-state index is 11.6. The van der Waals surface area contributed by atoms with E-state index in [1.54, 1.807) is 6.07 Å². The molecule has 2 unspecified atom stereocenters. The van der Waals surface area contributed by atoms with Crippen molar-refractivity contribution in [3.8, 4) is 0 Å². The van der Waals surface area contributed by atoms with Gasteiger partial charge in [-0.1, -0.05) is 29.3 Å². The van der Waals surface area contributed by atoms with E-state index in [0.29, 0.717) is 23.2 Å². The van der Waals surface area contributed by atoms with Crippen LogP contribution < -0.4 is 10.6 Å². The summed E-state index contributed by atoms with van der Waals surface area (Å²) in [5.41, 5.74) is 0.962. The van der Waals surface area contributed by atoms with Crippen molar-refractivity contribution in [2.75, 3.05) is 40.0 Å². The Morgan fingerprint density at radius 3 is 2.91 bits per heavy atom. The monoisotopic (exact) mass is 382 g/mol. The van der Waals surface area contributed by atoms with Crippen molar-refractivity contribution in [3.05, 3.63) is 33.8 Å². The maximum Gasteiger partial charge on any atom is 0.245 e. The van der Waals surface area contributed by atoms with Gasteiger partial charge in [-0.3, -0.25) is 4.79 Å². The highest BCUT2D eigenvalue weighted by atomic mass is 35.5. The van der Waals surface area contributed by atoms with Gasteiger partial charge in [0.15, 0.2) is 0 Å². The molecule has 8 heteroatoms. The zero-order chi connectivity index (χ0) is 15.9. The topological polar surface area (TPSA) is 59.6 Å². The van der Waals surface area contributed by atoms with Crippen LogP contribution in [-0.2, 0) is 14.3 Å². The van der Waals surface area contributed by atoms with E-state index in [4.69, 9.17) is 32.7 Å². The van der Waals surface area contributed by atoms with E-state index in [-0.39, 0.29) is 36.9 Å². The molecular formula is C15H21Cl3N2O3. The lowest BCUT2D eigenvalue weighted by atomic mass is 9.95. The molecule has 0 radical (unpaired) electrons. The summed E-state index contributed by atoms with van der Waals surface area (Å²) < 4.78 is 10.8. The first kappa shape index (κ1) is 20.5. The average Bonchev–Trinajstić information content (AvgIpc) is 2.74. The number of benzene rings is 1. The third-order valence-corrected chi connectivity index (χ3v) is 4.26. The molecule has 1 heterocycles. The van der Waals surface area contributed by atoms with E-state index in [2.05, 4.69) is 10.6 Å². The van der Waals surface area contributed by atoms with Gasteiger partial charge in [0.25, 0.3) is 0 Å². The molecule has 0 spiro atoms. The number of amides is 1. The molecule has 2 rings (SSSR count). The van der Waals surface area contributed by atoms with E-state index in [1.807, 2.05) is 12.1 Å². The molecule has 5 nitrogen and oxygen atoms in total. The minimum atomic E-state index is -0.146. The number of ether oxygens (including phenoxy) is 2. The predicted octanol–water partition coefficient (Wildman–Crippen LogP) is 2.45. The van der Waals surface area contributed by atoms with Gasteiger partial charge in [0.2, 0.25) is 5.91 Å². The molecule has 2 N–H and O–H groups in total. The Balaban J connectivity index is 0.00000264. The summed E-state index contributed by atoms with van der Waals surface area (Å²) in [5.74, 6) is -0.0415. The molecule has 1 aromatic rings. The summed E-state index contributed by atoms with van der Waals surface area (Å²) in [6.07, 6.45) is -0.146. The summed E-state index contributed by atoms with van der Waals surface area (Å²) in [7, 11) is 1.49. The summed E-state index contributed by atoms with van der Waals surface area (Å²) in [5, 5.41) is 7.19. The number of hydrogen-bond donors (Lipinski definition) is 2. The SMILES string of the molecule is COCC(=O)NCC1CNCCOC1c1ccc(Cl)c(Cl)c1.Cl. The molecule has 1 fully saturated rings. The first-order valence-corrected chi connectivity index (χ1v) is 7.90. The molecular weight excluding hydrogens is 363 g/mol. The Hall–Kier alpha value is -0.560. The Morgan fingerprint density at radius 1 is 1.43 bits per heavy atom. The number of halogens is 3. The third-order valence-electron chi connectivity index (χ3n) is 3.52. The number of rotatable bonds is 5. The Labute approximate surface area is 152 Å². The van der Waals surface area contributed by atoms with Gasteiger partial charge in [-0.2, -0.15) is 0 Å². The van der Waals surface area contributed by atoms with Crippen LogP contribution in [0.15, 0.2) is 18.2 Å². The van der Waals surface area contributed by atoms with Crippen LogP contribution in [0.2, 0.25) is 10.0 Å². The standard InChI is InChI=1S/C15H20Cl2N2O3.ClH/c1-21-9-14(20)19-8-11-7-18-4-5-22-15(11)10-2-3-12(16)13(17)6-10;/h2-3,6,11,15,18H,4-5,7-9H2,1H3,(H,19,20);1H. The first-order valence-electron chi connectivity index (χ1n) is 7.14. The first-order chi connectivity index (χ1) is 10.6. The molecule has 23 heavy (non-hydrogen) atoms. The molecule has 0 aliphatic carbocycles. The molecule has 130 valence electrons. The number of carbonyl (C=O) groups is 1. The maximum atomic E-state index is 11.6. The second-order valence-electron chi connectivity index (χ2n) is 5.17. The lowest BCUT2D eigenvalue weighted by Crippen LogP contribution is -2.37. The van der Waals surface area contributed by atoms with Gasteiger partial charge in [-0.25, -0.2) is 0 Å². The molecule has 0 bridgehead atoms. The number of methoxy groups -OCH3 is 1. The van der Waals surface area contributed by atoms with Crippen molar-refractivity contribution in [3.63, 3.8) is 0 Å². The minimum absolute atomic E-state index is 0. The van der Waals surface area contributed by atoms with Crippen molar-refractivity contribution in [1.29, 1.82) is 0 Å². The Kier molecular flexibility index (Phi) is 9.20. The Bertz CT molecular complexity index is 517. The lowest BCUT2D eigenvalue weighted by molar-refractivity contribution is -0.125. The van der Waals surface area contributed by atoms with Gasteiger partial charge >= 0.3 is 0 Å². The highest BCUT2D eigenvalue weighted by molar-refractivity contribution is 6.42. The van der Waals surface area contributed by atoms with Crippen LogP contribution in [0.25, 0.3) is 0 Å². The molecule has 1 aliphatic heterocycles. The van der Waals surface area contributed by atoms with Gasteiger partial charge < -0.3 is 20.1 Å². The highest BCUT2D eigenvalue weighted by Crippen LogP contribution is 2.31. The molecule has 2 atom stereocenters. The number of carbonyl (C=O) groups excluding carboxylic acids is 1. The van der Waals surface area contributed by atoms with Crippen LogP contribution in [0.3, 0.4) is 0 Å². The van der Waals surface area contributed by atoms with E-state index in [1.165, 1.54) is 7.11 Å². The van der Waals surface area contributed by atoms with Gasteiger partial charge in [-0.15, -0.1) is 12.4 Å². The van der Waals surface area contributed by atoms with Gasteiger partial charge in [0.1, 0.15) is 6.61 Å². The summed E-state index contributed by atoms with van der Waals surface area (Å²) in [4.78, 5) is 11.6. The predicted molar refractivity (Wildman–Crippen MR) is 93.6 cm³/mol. The van der Waals surface area contributed by atoms with Crippen LogP contribution in [0.4, 0.5) is 0 Å². The molecule has 1 saturated heterocycles. The molecule has 0 aromatic heterocycles. The van der Waals surface area contributed by atoms with Crippen LogP contribution >= 0.6 is 35.6 Å². The van der Waals surface area contributed by atoms with E-state index in [9.17, 15) is 4.79 Å². The fourth-order valence-corrected chi connectivity index (χ4v) is 2.76. The van der Waals surface area contributed by atoms with Crippen molar-refractivity contribution in [2.45, 2.75) is 6.10 Å². The fraction of sp³-hybridized carbons (Fsp3) is 0.533. The largest absolute Gasteiger partial charge is 0.375 e. The van der Waals surface area contributed by atoms with E-state index < -0.39 is 0 Å². The minimum Gasteiger partial charge on any atom is -0.375 e. The van der Waals surface area contributed by atoms with E-state index in [0.717, 1.165) is 18.7 Å². The average molecular weight is 384 g/mol. The van der Waals surface area contributed by atoms with Gasteiger partial charge in [0, 0.05) is 32.7 Å². The van der Waals surface area contributed by atoms with Crippen LogP contribution in [-0.4, -0.2) is 45.9 Å². The molecule has 1 aromatic carbocycles. The fourth-order valence-electron chi connectivity index (χ4n) is 2.45. The third kappa shape index (κ3) is 6.10. The highest BCUT2D eigenvalue weighted by Gasteiger charge is 2.27. The van der Waals surface area contributed by atoms with Gasteiger partial charge in [0.05, 0.1) is 22.8 Å². The molecule has 0 saturated carbocycles. The van der Waals surface area contributed by atoms with Gasteiger partial charge in [-0.05, 0) is 17.7 Å². The lowest BCUT2D eigenvalue weighted by Gasteiger charge is -2.25. The smallest absolute Gasteiger partial charge is 0.245 e. The van der Waals surface area contributed by atoms with Crippen molar-refractivity contribution < 1.29 is 14.3 Å². The summed E-state index contributed by atoms with van der Waals surface area (Å²) in [6, 6.07) is 5.50. The van der Waals surface area contributed by atoms with Crippen LogP contribution in [0, 0.1) is 5.92 Å². The second kappa shape index (κ2) is 10.3. The zero-order valence-electron chi connectivity index (χ0n) is 12.8. The second-order valence-corrected chi connectivity index (χ2v) is 5.98. The molecule has 1 aliphatic rings. The normalized spacial score (nSPS) is 21.2. The zero-order valence-corrected chi connectivity index (χ0v) is 15.1. The van der Waals surface area contributed by atoms with Crippen molar-refractivity contribution >= 4 is 41.5 Å². The number of hydrogen-bond acceptors (Lipinski definition) is 4. The van der Waals surface area contributed by atoms with Crippen molar-refractivity contribution in [2.24, 2.45) is 5.92 Å².